The minimum absolute atomic E-state index is 0.347. The lowest BCUT2D eigenvalue weighted by molar-refractivity contribution is 0.220. The third-order valence-corrected chi connectivity index (χ3v) is 3.22. The predicted molar refractivity (Wildman–Crippen MR) is 61.2 cm³/mol. The lowest BCUT2D eigenvalue weighted by Crippen LogP contribution is -2.47. The Kier molecular flexibility index (Phi) is 3.50. The first kappa shape index (κ1) is 12.2. The highest BCUT2D eigenvalue weighted by molar-refractivity contribution is 5.12. The molecule has 4 nitrogen and oxygen atoms in total. The second-order valence-electron chi connectivity index (χ2n) is 4.70. The van der Waals surface area contributed by atoms with Gasteiger partial charge in [-0.1, -0.05) is 32.9 Å². The highest BCUT2D eigenvalue weighted by atomic mass is 15.4. The van der Waals surface area contributed by atoms with Crippen molar-refractivity contribution < 1.29 is 0 Å². The van der Waals surface area contributed by atoms with Crippen LogP contribution < -0.4 is 5.73 Å². The van der Waals surface area contributed by atoms with Crippen molar-refractivity contribution in [2.45, 2.75) is 46.7 Å². The maximum atomic E-state index is 6.46. The van der Waals surface area contributed by atoms with E-state index in [1.807, 2.05) is 17.8 Å². The van der Waals surface area contributed by atoms with Crippen molar-refractivity contribution in [3.63, 3.8) is 0 Å². The highest BCUT2D eigenvalue weighted by Crippen LogP contribution is 2.32. The lowest BCUT2D eigenvalue weighted by Gasteiger charge is -2.35. The number of nitrogens with two attached hydrogens (primary N) is 1. The van der Waals surface area contributed by atoms with Crippen LogP contribution in [0.3, 0.4) is 0 Å². The first-order valence-corrected chi connectivity index (χ1v) is 5.62. The molecule has 0 aliphatic rings. The Bertz CT molecular complexity index is 306. The molecular formula is C11H22N4. The van der Waals surface area contributed by atoms with E-state index in [0.29, 0.717) is 11.8 Å². The van der Waals surface area contributed by atoms with Crippen LogP contribution in [0.4, 0.5) is 0 Å². The van der Waals surface area contributed by atoms with Gasteiger partial charge in [0.05, 0.1) is 11.7 Å². The summed E-state index contributed by atoms with van der Waals surface area (Å²) in [5, 5.41) is 8.24. The first-order chi connectivity index (χ1) is 6.92. The largest absolute Gasteiger partial charge is 0.320 e. The summed E-state index contributed by atoms with van der Waals surface area (Å²) in [4.78, 5) is 0. The van der Waals surface area contributed by atoms with Crippen LogP contribution in [0.15, 0.2) is 6.20 Å². The van der Waals surface area contributed by atoms with Crippen LogP contribution in [-0.4, -0.2) is 15.0 Å². The summed E-state index contributed by atoms with van der Waals surface area (Å²) in [5.74, 6) is 0.694. The summed E-state index contributed by atoms with van der Waals surface area (Å²) in [5.41, 5.74) is 6.97. The van der Waals surface area contributed by atoms with Gasteiger partial charge in [-0.05, 0) is 18.8 Å². The normalized spacial score (nSPS) is 12.8. The molecule has 0 amide bonds. The summed E-state index contributed by atoms with van der Waals surface area (Å²) >= 11 is 0. The van der Waals surface area contributed by atoms with E-state index in [9.17, 15) is 0 Å². The molecule has 1 aromatic rings. The number of hydrogen-bond donors (Lipinski definition) is 1. The number of nitrogens with zero attached hydrogens (tertiary/aromatic N) is 3. The topological polar surface area (TPSA) is 56.7 Å². The Labute approximate surface area is 91.9 Å². The summed E-state index contributed by atoms with van der Waals surface area (Å²) in [6.45, 7) is 11.4. The fourth-order valence-corrected chi connectivity index (χ4v) is 1.91. The van der Waals surface area contributed by atoms with Crippen molar-refractivity contribution in [2.24, 2.45) is 17.6 Å². The van der Waals surface area contributed by atoms with Gasteiger partial charge >= 0.3 is 0 Å². The van der Waals surface area contributed by atoms with Crippen molar-refractivity contribution in [1.82, 2.24) is 15.0 Å². The third-order valence-electron chi connectivity index (χ3n) is 3.22. The van der Waals surface area contributed by atoms with Gasteiger partial charge in [0.15, 0.2) is 0 Å². The van der Waals surface area contributed by atoms with E-state index >= 15 is 0 Å². The van der Waals surface area contributed by atoms with E-state index in [0.717, 1.165) is 12.2 Å². The smallest absolute Gasteiger partial charge is 0.103 e. The zero-order valence-electron chi connectivity index (χ0n) is 10.4. The number of hydrogen-bond acceptors (Lipinski definition) is 3. The number of aromatic nitrogens is 3. The van der Waals surface area contributed by atoms with Gasteiger partial charge in [0.2, 0.25) is 0 Å². The molecule has 0 unspecified atom stereocenters. The fraction of sp³-hybridized carbons (Fsp3) is 0.818. The Morgan fingerprint density at radius 3 is 2.20 bits per heavy atom. The van der Waals surface area contributed by atoms with Gasteiger partial charge in [0.25, 0.3) is 0 Å². The minimum Gasteiger partial charge on any atom is -0.320 e. The maximum Gasteiger partial charge on any atom is 0.103 e. The molecule has 0 atom stereocenters. The van der Waals surface area contributed by atoms with Crippen LogP contribution in [0.5, 0.6) is 0 Å². The second-order valence-corrected chi connectivity index (χ2v) is 4.70. The van der Waals surface area contributed by atoms with Crippen LogP contribution in [0.2, 0.25) is 0 Å². The molecule has 0 aliphatic carbocycles. The van der Waals surface area contributed by atoms with Crippen LogP contribution >= 0.6 is 0 Å². The second kappa shape index (κ2) is 4.31. The van der Waals surface area contributed by atoms with Crippen molar-refractivity contribution >= 4 is 0 Å². The molecule has 86 valence electrons. The van der Waals surface area contributed by atoms with Crippen LogP contribution in [0.1, 0.15) is 40.3 Å². The summed E-state index contributed by atoms with van der Waals surface area (Å²) in [6.07, 6.45) is 1.96. The molecule has 2 N–H and O–H groups in total. The predicted octanol–water partition coefficient (Wildman–Crippen LogP) is 1.76. The van der Waals surface area contributed by atoms with Gasteiger partial charge in [-0.25, -0.2) is 0 Å². The molecule has 0 bridgehead atoms. The lowest BCUT2D eigenvalue weighted by atomic mass is 9.76. The van der Waals surface area contributed by atoms with E-state index in [1.54, 1.807) is 0 Å². The van der Waals surface area contributed by atoms with Crippen molar-refractivity contribution in [3.05, 3.63) is 11.9 Å². The van der Waals surface area contributed by atoms with Gasteiger partial charge in [0.1, 0.15) is 5.69 Å². The van der Waals surface area contributed by atoms with Crippen molar-refractivity contribution in [3.8, 4) is 0 Å². The SMILES string of the molecule is CCn1cc(C(N)(C(C)C)C(C)C)nn1. The average molecular weight is 210 g/mol. The standard InChI is InChI=1S/C11H22N4/c1-6-15-7-10(13-14-15)11(12,8(2)3)9(4)5/h7-9H,6,12H2,1-5H3. The number of aryl methyl sites for hydroxylation is 1. The molecule has 0 saturated heterocycles. The molecule has 0 saturated carbocycles. The molecule has 0 fully saturated rings. The van der Waals surface area contributed by atoms with E-state index in [-0.39, 0.29) is 5.54 Å². The van der Waals surface area contributed by atoms with Gasteiger partial charge in [-0.15, -0.1) is 5.10 Å². The van der Waals surface area contributed by atoms with Crippen LogP contribution in [-0.2, 0) is 12.1 Å². The Hall–Kier alpha value is -0.900. The Morgan fingerprint density at radius 1 is 1.33 bits per heavy atom. The van der Waals surface area contributed by atoms with Gasteiger partial charge in [-0.2, -0.15) is 0 Å². The molecule has 1 rings (SSSR count). The molecule has 0 aliphatic heterocycles. The summed E-state index contributed by atoms with van der Waals surface area (Å²) in [7, 11) is 0. The molecule has 0 aromatic carbocycles. The zero-order valence-corrected chi connectivity index (χ0v) is 10.4. The molecule has 1 heterocycles. The molecule has 0 spiro atoms. The number of rotatable bonds is 4. The molecule has 0 radical (unpaired) electrons. The quantitative estimate of drug-likeness (QED) is 0.824. The fourth-order valence-electron chi connectivity index (χ4n) is 1.91. The third kappa shape index (κ3) is 2.04. The van der Waals surface area contributed by atoms with Gasteiger partial charge in [0, 0.05) is 6.54 Å². The first-order valence-electron chi connectivity index (χ1n) is 5.62. The van der Waals surface area contributed by atoms with Crippen LogP contribution in [0.25, 0.3) is 0 Å². The molecular weight excluding hydrogens is 188 g/mol. The van der Waals surface area contributed by atoms with E-state index in [4.69, 9.17) is 5.73 Å². The molecule has 1 aromatic heterocycles. The average Bonchev–Trinajstić information content (AvgIpc) is 2.64. The van der Waals surface area contributed by atoms with Gasteiger partial charge in [-0.3, -0.25) is 4.68 Å². The Morgan fingerprint density at radius 2 is 1.87 bits per heavy atom. The van der Waals surface area contributed by atoms with E-state index < -0.39 is 0 Å². The summed E-state index contributed by atoms with van der Waals surface area (Å²) in [6, 6.07) is 0. The summed E-state index contributed by atoms with van der Waals surface area (Å²) < 4.78 is 1.82. The van der Waals surface area contributed by atoms with E-state index in [2.05, 4.69) is 38.0 Å². The van der Waals surface area contributed by atoms with Gasteiger partial charge < -0.3 is 5.73 Å². The maximum absolute atomic E-state index is 6.46. The molecule has 15 heavy (non-hydrogen) atoms. The zero-order chi connectivity index (χ0) is 11.6. The Balaban J connectivity index is 3.09. The van der Waals surface area contributed by atoms with E-state index in [1.165, 1.54) is 0 Å². The van der Waals surface area contributed by atoms with Crippen LogP contribution in [0, 0.1) is 11.8 Å². The monoisotopic (exact) mass is 210 g/mol. The van der Waals surface area contributed by atoms with Crippen molar-refractivity contribution in [2.75, 3.05) is 0 Å². The highest BCUT2D eigenvalue weighted by Gasteiger charge is 2.37. The molecule has 4 heteroatoms. The minimum atomic E-state index is -0.382. The van der Waals surface area contributed by atoms with Crippen molar-refractivity contribution in [1.29, 1.82) is 0 Å².